The maximum absolute atomic E-state index is 12.6. The van der Waals surface area contributed by atoms with E-state index in [9.17, 15) is 9.59 Å². The normalized spacial score (nSPS) is 23.8. The van der Waals surface area contributed by atoms with Gasteiger partial charge in [0.1, 0.15) is 5.76 Å². The van der Waals surface area contributed by atoms with Crippen molar-refractivity contribution in [2.45, 2.75) is 70.9 Å². The molecule has 1 saturated heterocycles. The summed E-state index contributed by atoms with van der Waals surface area (Å²) >= 11 is 0. The van der Waals surface area contributed by atoms with Gasteiger partial charge in [-0.25, -0.2) is 0 Å². The molecule has 2 heterocycles. The third-order valence-electron chi connectivity index (χ3n) is 5.45. The van der Waals surface area contributed by atoms with Crippen LogP contribution in [0.5, 0.6) is 0 Å². The van der Waals surface area contributed by atoms with Gasteiger partial charge < -0.3 is 20.5 Å². The van der Waals surface area contributed by atoms with Crippen molar-refractivity contribution in [3.8, 4) is 0 Å². The second-order valence-electron chi connectivity index (χ2n) is 8.56. The summed E-state index contributed by atoms with van der Waals surface area (Å²) in [7, 11) is 0. The zero-order valence-corrected chi connectivity index (χ0v) is 16.0. The van der Waals surface area contributed by atoms with Crippen LogP contribution >= 0.6 is 0 Å². The highest BCUT2D eigenvalue weighted by molar-refractivity contribution is 5.92. The molecule has 7 nitrogen and oxygen atoms in total. The summed E-state index contributed by atoms with van der Waals surface area (Å²) < 4.78 is 5.25. The van der Waals surface area contributed by atoms with Crippen molar-refractivity contribution >= 4 is 11.8 Å². The standard InChI is InChI=1S/C19H30N4O3/c1-12-8-14(6-7-23(12)17(24)10-19(2,3)11-20)21-18(25)15-9-16(26-22-15)13-4-5-13/h9,12-14H,4-8,10-11,20H2,1-3H3,(H,21,25)/t12-,14-/m1/s1. The molecule has 0 unspecified atom stereocenters. The van der Waals surface area contributed by atoms with Crippen molar-refractivity contribution in [1.29, 1.82) is 0 Å². The Balaban J connectivity index is 1.51. The second kappa shape index (κ2) is 7.39. The highest BCUT2D eigenvalue weighted by Gasteiger charge is 2.33. The number of aromatic nitrogens is 1. The van der Waals surface area contributed by atoms with Crippen LogP contribution in [0.3, 0.4) is 0 Å². The first-order valence-electron chi connectivity index (χ1n) is 9.56. The van der Waals surface area contributed by atoms with E-state index in [0.29, 0.717) is 31.1 Å². The summed E-state index contributed by atoms with van der Waals surface area (Å²) in [6.07, 6.45) is 4.17. The molecule has 1 aliphatic carbocycles. The molecule has 3 rings (SSSR count). The molecule has 0 radical (unpaired) electrons. The maximum atomic E-state index is 12.6. The molecule has 1 aromatic rings. The lowest BCUT2D eigenvalue weighted by molar-refractivity contribution is -0.136. The highest BCUT2D eigenvalue weighted by Crippen LogP contribution is 2.40. The lowest BCUT2D eigenvalue weighted by Gasteiger charge is -2.39. The molecule has 2 aliphatic rings. The Labute approximate surface area is 154 Å². The number of rotatable bonds is 6. The number of hydrogen-bond acceptors (Lipinski definition) is 5. The molecule has 144 valence electrons. The Morgan fingerprint density at radius 2 is 2.12 bits per heavy atom. The Bertz CT molecular complexity index is 665. The predicted octanol–water partition coefficient (Wildman–Crippen LogP) is 2.04. The summed E-state index contributed by atoms with van der Waals surface area (Å²) in [6, 6.07) is 1.89. The Morgan fingerprint density at radius 3 is 2.73 bits per heavy atom. The average molecular weight is 362 g/mol. The summed E-state index contributed by atoms with van der Waals surface area (Å²) in [4.78, 5) is 26.9. The molecule has 0 spiro atoms. The molecular formula is C19H30N4O3. The first-order valence-corrected chi connectivity index (χ1v) is 9.56. The van der Waals surface area contributed by atoms with Gasteiger partial charge in [-0.15, -0.1) is 0 Å². The number of nitrogens with two attached hydrogens (primary N) is 1. The smallest absolute Gasteiger partial charge is 0.273 e. The molecule has 3 N–H and O–H groups in total. The minimum atomic E-state index is -0.193. The van der Waals surface area contributed by atoms with E-state index in [0.717, 1.165) is 31.4 Å². The largest absolute Gasteiger partial charge is 0.360 e. The molecule has 0 bridgehead atoms. The van der Waals surface area contributed by atoms with Gasteiger partial charge in [-0.1, -0.05) is 19.0 Å². The van der Waals surface area contributed by atoms with Crippen LogP contribution in [0, 0.1) is 5.41 Å². The van der Waals surface area contributed by atoms with Crippen molar-refractivity contribution in [2.75, 3.05) is 13.1 Å². The van der Waals surface area contributed by atoms with Gasteiger partial charge >= 0.3 is 0 Å². The topological polar surface area (TPSA) is 101 Å². The zero-order chi connectivity index (χ0) is 18.9. The van der Waals surface area contributed by atoms with Gasteiger partial charge in [-0.2, -0.15) is 0 Å². The third kappa shape index (κ3) is 4.44. The van der Waals surface area contributed by atoms with Crippen molar-refractivity contribution in [1.82, 2.24) is 15.4 Å². The third-order valence-corrected chi connectivity index (χ3v) is 5.45. The molecule has 2 atom stereocenters. The number of nitrogens with zero attached hydrogens (tertiary/aromatic N) is 2. The van der Waals surface area contributed by atoms with E-state index in [2.05, 4.69) is 10.5 Å². The van der Waals surface area contributed by atoms with E-state index >= 15 is 0 Å². The zero-order valence-electron chi connectivity index (χ0n) is 16.0. The van der Waals surface area contributed by atoms with Crippen molar-refractivity contribution in [2.24, 2.45) is 11.1 Å². The SMILES string of the molecule is C[C@@H]1C[C@H](NC(=O)c2cc(C3CC3)on2)CCN1C(=O)CC(C)(C)CN. The highest BCUT2D eigenvalue weighted by atomic mass is 16.5. The van der Waals surface area contributed by atoms with Crippen LogP contribution in [0.25, 0.3) is 0 Å². The van der Waals surface area contributed by atoms with E-state index in [4.69, 9.17) is 10.3 Å². The summed E-state index contributed by atoms with van der Waals surface area (Å²) in [6.45, 7) is 7.19. The van der Waals surface area contributed by atoms with Crippen molar-refractivity contribution in [3.63, 3.8) is 0 Å². The fourth-order valence-corrected chi connectivity index (χ4v) is 3.47. The minimum absolute atomic E-state index is 0.0464. The lowest BCUT2D eigenvalue weighted by Crippen LogP contribution is -2.51. The fraction of sp³-hybridized carbons (Fsp3) is 0.737. The van der Waals surface area contributed by atoms with Crippen molar-refractivity contribution < 1.29 is 14.1 Å². The van der Waals surface area contributed by atoms with Gasteiger partial charge in [0.15, 0.2) is 5.69 Å². The van der Waals surface area contributed by atoms with E-state index in [1.54, 1.807) is 6.07 Å². The first-order chi connectivity index (χ1) is 12.3. The van der Waals surface area contributed by atoms with E-state index in [1.165, 1.54) is 0 Å². The molecular weight excluding hydrogens is 332 g/mol. The molecule has 1 aromatic heterocycles. The van der Waals surface area contributed by atoms with Gasteiger partial charge in [0, 0.05) is 37.0 Å². The van der Waals surface area contributed by atoms with Crippen LogP contribution in [-0.2, 0) is 4.79 Å². The summed E-state index contributed by atoms with van der Waals surface area (Å²) in [5, 5.41) is 6.93. The van der Waals surface area contributed by atoms with E-state index in [-0.39, 0.29) is 29.3 Å². The fourth-order valence-electron chi connectivity index (χ4n) is 3.47. The lowest BCUT2D eigenvalue weighted by atomic mass is 9.88. The molecule has 1 saturated carbocycles. The maximum Gasteiger partial charge on any atom is 0.273 e. The summed E-state index contributed by atoms with van der Waals surface area (Å²) in [5.41, 5.74) is 5.91. The van der Waals surface area contributed by atoms with Gasteiger partial charge in [0.25, 0.3) is 5.91 Å². The van der Waals surface area contributed by atoms with Crippen LogP contribution in [0.4, 0.5) is 0 Å². The van der Waals surface area contributed by atoms with Gasteiger partial charge in [0.2, 0.25) is 5.91 Å². The second-order valence-corrected chi connectivity index (χ2v) is 8.56. The molecule has 7 heteroatoms. The monoisotopic (exact) mass is 362 g/mol. The van der Waals surface area contributed by atoms with Crippen LogP contribution in [-0.4, -0.2) is 47.0 Å². The van der Waals surface area contributed by atoms with Crippen LogP contribution in [0.2, 0.25) is 0 Å². The number of hydrogen-bond donors (Lipinski definition) is 2. The Hall–Kier alpha value is -1.89. The van der Waals surface area contributed by atoms with Gasteiger partial charge in [0.05, 0.1) is 0 Å². The van der Waals surface area contributed by atoms with E-state index < -0.39 is 0 Å². The number of amides is 2. The first kappa shape index (κ1) is 18.9. The predicted molar refractivity (Wildman–Crippen MR) is 97.6 cm³/mol. The number of carbonyl (C=O) groups is 2. The minimum Gasteiger partial charge on any atom is -0.360 e. The molecule has 2 fully saturated rings. The Morgan fingerprint density at radius 1 is 1.38 bits per heavy atom. The number of piperidine rings is 1. The van der Waals surface area contributed by atoms with E-state index in [1.807, 2.05) is 25.7 Å². The molecule has 0 aromatic carbocycles. The van der Waals surface area contributed by atoms with Crippen LogP contribution in [0.1, 0.15) is 75.0 Å². The quantitative estimate of drug-likeness (QED) is 0.806. The molecule has 26 heavy (non-hydrogen) atoms. The van der Waals surface area contributed by atoms with Crippen LogP contribution < -0.4 is 11.1 Å². The average Bonchev–Trinajstić information content (AvgIpc) is 3.31. The van der Waals surface area contributed by atoms with Gasteiger partial charge in [-0.3, -0.25) is 9.59 Å². The molecule has 1 aliphatic heterocycles. The number of carbonyl (C=O) groups excluding carboxylic acids is 2. The number of nitrogens with one attached hydrogen (secondary N) is 1. The Kier molecular flexibility index (Phi) is 5.37. The van der Waals surface area contributed by atoms with Gasteiger partial charge in [-0.05, 0) is 44.6 Å². The van der Waals surface area contributed by atoms with Crippen LogP contribution in [0.15, 0.2) is 10.6 Å². The number of likely N-dealkylation sites (tertiary alicyclic amines) is 1. The molecule has 2 amide bonds. The van der Waals surface area contributed by atoms with Crippen molar-refractivity contribution in [3.05, 3.63) is 17.5 Å². The summed E-state index contributed by atoms with van der Waals surface area (Å²) in [5.74, 6) is 1.20.